The highest BCUT2D eigenvalue weighted by Crippen LogP contribution is 2.11. The van der Waals surface area contributed by atoms with Gasteiger partial charge >= 0.3 is 11.9 Å². The number of hydrogen-bond donors (Lipinski definition) is 0. The van der Waals surface area contributed by atoms with E-state index in [0.29, 0.717) is 5.57 Å². The molecule has 4 nitrogen and oxygen atoms in total. The lowest BCUT2D eigenvalue weighted by molar-refractivity contribution is -0.144. The maximum atomic E-state index is 11.2. The van der Waals surface area contributed by atoms with Crippen LogP contribution in [0.1, 0.15) is 20.3 Å². The molecule has 0 N–H and O–H groups in total. The van der Waals surface area contributed by atoms with E-state index in [2.05, 4.69) is 4.74 Å². The Morgan fingerprint density at radius 2 is 2.38 bits per heavy atom. The minimum absolute atomic E-state index is 0.169. The standard InChI is InChI=1S/C9H12O4/c1-3-6(2)9(11)13-7-4-8(10)12-5-7/h3,7H,4-5H2,1-2H3/b6-3+. The van der Waals surface area contributed by atoms with Crippen molar-refractivity contribution in [3.63, 3.8) is 0 Å². The Labute approximate surface area is 76.5 Å². The van der Waals surface area contributed by atoms with Gasteiger partial charge in [0, 0.05) is 5.57 Å². The van der Waals surface area contributed by atoms with E-state index in [9.17, 15) is 9.59 Å². The molecule has 0 aromatic heterocycles. The third kappa shape index (κ3) is 2.57. The van der Waals surface area contributed by atoms with E-state index in [1.807, 2.05) is 0 Å². The molecule has 1 atom stereocenters. The van der Waals surface area contributed by atoms with Crippen molar-refractivity contribution in [2.45, 2.75) is 26.4 Å². The summed E-state index contributed by atoms with van der Waals surface area (Å²) >= 11 is 0. The van der Waals surface area contributed by atoms with Gasteiger partial charge in [-0.2, -0.15) is 0 Å². The van der Waals surface area contributed by atoms with E-state index in [4.69, 9.17) is 4.74 Å². The average molecular weight is 184 g/mol. The van der Waals surface area contributed by atoms with Crippen LogP contribution in [0.5, 0.6) is 0 Å². The summed E-state index contributed by atoms with van der Waals surface area (Å²) in [6.45, 7) is 3.61. The van der Waals surface area contributed by atoms with E-state index in [-0.39, 0.29) is 25.0 Å². The van der Waals surface area contributed by atoms with Crippen LogP contribution in [0.3, 0.4) is 0 Å². The molecular formula is C9H12O4. The highest BCUT2D eigenvalue weighted by Gasteiger charge is 2.27. The summed E-state index contributed by atoms with van der Waals surface area (Å²) in [6, 6.07) is 0. The summed E-state index contributed by atoms with van der Waals surface area (Å²) in [7, 11) is 0. The second-order valence-electron chi connectivity index (χ2n) is 2.89. The normalized spacial score (nSPS) is 22.8. The van der Waals surface area contributed by atoms with Crippen molar-refractivity contribution < 1.29 is 19.1 Å². The molecule has 0 aromatic rings. The SMILES string of the molecule is C/C=C(\C)C(=O)OC1COC(=O)C1. The van der Waals surface area contributed by atoms with Gasteiger partial charge in [0.1, 0.15) is 12.7 Å². The largest absolute Gasteiger partial charge is 0.462 e. The molecule has 4 heteroatoms. The first kappa shape index (κ1) is 9.77. The molecule has 1 aliphatic heterocycles. The number of rotatable bonds is 2. The molecule has 0 saturated carbocycles. The van der Waals surface area contributed by atoms with E-state index < -0.39 is 6.10 Å². The molecule has 0 aromatic carbocycles. The van der Waals surface area contributed by atoms with Crippen molar-refractivity contribution in [3.05, 3.63) is 11.6 Å². The fraction of sp³-hybridized carbons (Fsp3) is 0.556. The van der Waals surface area contributed by atoms with Gasteiger partial charge in [-0.1, -0.05) is 6.08 Å². The lowest BCUT2D eigenvalue weighted by atomic mass is 10.3. The van der Waals surface area contributed by atoms with Gasteiger partial charge in [0.2, 0.25) is 0 Å². The lowest BCUT2D eigenvalue weighted by Crippen LogP contribution is -2.18. The minimum Gasteiger partial charge on any atom is -0.462 e. The lowest BCUT2D eigenvalue weighted by Gasteiger charge is -2.08. The van der Waals surface area contributed by atoms with Gasteiger partial charge in [-0.05, 0) is 13.8 Å². The third-order valence-corrected chi connectivity index (χ3v) is 1.85. The maximum Gasteiger partial charge on any atom is 0.333 e. The number of allylic oxidation sites excluding steroid dienone is 1. The Kier molecular flexibility index (Phi) is 3.06. The van der Waals surface area contributed by atoms with Crippen LogP contribution in [0.4, 0.5) is 0 Å². The molecule has 1 unspecified atom stereocenters. The molecule has 0 spiro atoms. The van der Waals surface area contributed by atoms with Crippen molar-refractivity contribution in [1.82, 2.24) is 0 Å². The van der Waals surface area contributed by atoms with Crippen LogP contribution in [0.15, 0.2) is 11.6 Å². The summed E-state index contributed by atoms with van der Waals surface area (Å²) in [5.41, 5.74) is 0.541. The number of carbonyl (C=O) groups excluding carboxylic acids is 2. The number of carbonyl (C=O) groups is 2. The Morgan fingerprint density at radius 3 is 2.85 bits per heavy atom. The Morgan fingerprint density at radius 1 is 1.69 bits per heavy atom. The first-order valence-corrected chi connectivity index (χ1v) is 4.13. The summed E-state index contributed by atoms with van der Waals surface area (Å²) in [6.07, 6.45) is 1.43. The number of cyclic esters (lactones) is 1. The van der Waals surface area contributed by atoms with Gasteiger partial charge in [0.05, 0.1) is 6.42 Å². The quantitative estimate of drug-likeness (QED) is 0.470. The van der Waals surface area contributed by atoms with Crippen molar-refractivity contribution in [2.24, 2.45) is 0 Å². The van der Waals surface area contributed by atoms with Crippen LogP contribution in [-0.4, -0.2) is 24.6 Å². The molecule has 1 fully saturated rings. The predicted molar refractivity (Wildman–Crippen MR) is 44.9 cm³/mol. The molecule has 1 saturated heterocycles. The molecule has 1 aliphatic rings. The second-order valence-corrected chi connectivity index (χ2v) is 2.89. The van der Waals surface area contributed by atoms with Gasteiger partial charge in [0.25, 0.3) is 0 Å². The van der Waals surface area contributed by atoms with Crippen LogP contribution in [0, 0.1) is 0 Å². The number of ether oxygens (including phenoxy) is 2. The summed E-state index contributed by atoms with van der Waals surface area (Å²) in [4.78, 5) is 21.8. The van der Waals surface area contributed by atoms with Crippen molar-refractivity contribution in [3.8, 4) is 0 Å². The second kappa shape index (κ2) is 4.07. The topological polar surface area (TPSA) is 52.6 Å². The zero-order valence-corrected chi connectivity index (χ0v) is 7.70. The summed E-state index contributed by atoms with van der Waals surface area (Å²) in [5.74, 6) is -0.693. The molecule has 0 amide bonds. The van der Waals surface area contributed by atoms with Crippen LogP contribution < -0.4 is 0 Å². The molecule has 0 radical (unpaired) electrons. The van der Waals surface area contributed by atoms with E-state index in [1.165, 1.54) is 0 Å². The maximum absolute atomic E-state index is 11.2. The molecule has 1 heterocycles. The highest BCUT2D eigenvalue weighted by atomic mass is 16.6. The molecule has 0 aliphatic carbocycles. The van der Waals surface area contributed by atoms with Crippen molar-refractivity contribution in [2.75, 3.05) is 6.61 Å². The molecular weight excluding hydrogens is 172 g/mol. The van der Waals surface area contributed by atoms with Gasteiger partial charge in [-0.3, -0.25) is 4.79 Å². The van der Waals surface area contributed by atoms with Crippen molar-refractivity contribution >= 4 is 11.9 Å². The predicted octanol–water partition coefficient (Wildman–Crippen LogP) is 0.811. The Hall–Kier alpha value is -1.32. The molecule has 72 valence electrons. The monoisotopic (exact) mass is 184 g/mol. The van der Waals surface area contributed by atoms with E-state index in [0.717, 1.165) is 0 Å². The van der Waals surface area contributed by atoms with Crippen LogP contribution in [0.25, 0.3) is 0 Å². The third-order valence-electron chi connectivity index (χ3n) is 1.85. The van der Waals surface area contributed by atoms with E-state index >= 15 is 0 Å². The Balaban J connectivity index is 2.41. The van der Waals surface area contributed by atoms with E-state index in [1.54, 1.807) is 19.9 Å². The molecule has 0 bridgehead atoms. The summed E-state index contributed by atoms with van der Waals surface area (Å²) < 4.78 is 9.63. The van der Waals surface area contributed by atoms with Gasteiger partial charge in [0.15, 0.2) is 0 Å². The average Bonchev–Trinajstić information content (AvgIpc) is 2.49. The first-order chi connectivity index (χ1) is 6.13. The minimum atomic E-state index is -0.408. The zero-order valence-electron chi connectivity index (χ0n) is 7.70. The highest BCUT2D eigenvalue weighted by molar-refractivity contribution is 5.88. The Bertz CT molecular complexity index is 254. The number of esters is 2. The summed E-state index contributed by atoms with van der Waals surface area (Å²) in [5, 5.41) is 0. The fourth-order valence-corrected chi connectivity index (χ4v) is 0.927. The van der Waals surface area contributed by atoms with Crippen LogP contribution in [-0.2, 0) is 19.1 Å². The van der Waals surface area contributed by atoms with Crippen LogP contribution >= 0.6 is 0 Å². The van der Waals surface area contributed by atoms with Gasteiger partial charge < -0.3 is 9.47 Å². The zero-order chi connectivity index (χ0) is 9.84. The molecule has 13 heavy (non-hydrogen) atoms. The van der Waals surface area contributed by atoms with Crippen molar-refractivity contribution in [1.29, 1.82) is 0 Å². The molecule has 1 rings (SSSR count). The number of hydrogen-bond acceptors (Lipinski definition) is 4. The first-order valence-electron chi connectivity index (χ1n) is 4.13. The smallest absolute Gasteiger partial charge is 0.333 e. The fourth-order valence-electron chi connectivity index (χ4n) is 0.927. The van der Waals surface area contributed by atoms with Gasteiger partial charge in [-0.25, -0.2) is 4.79 Å². The van der Waals surface area contributed by atoms with Gasteiger partial charge in [-0.15, -0.1) is 0 Å². The van der Waals surface area contributed by atoms with Crippen LogP contribution in [0.2, 0.25) is 0 Å².